The number of nitrogens with zero attached hydrogens (tertiary/aromatic N) is 5. The highest BCUT2D eigenvalue weighted by atomic mass is 35.5. The van der Waals surface area contributed by atoms with Crippen LogP contribution in [0.4, 0.5) is 5.00 Å². The second kappa shape index (κ2) is 5.43. The lowest BCUT2D eigenvalue weighted by molar-refractivity contribution is 0.542. The van der Waals surface area contributed by atoms with Gasteiger partial charge in [0, 0.05) is 31.5 Å². The first-order valence-electron chi connectivity index (χ1n) is 6.50. The minimum Gasteiger partial charge on any atom is -0.356 e. The number of nitriles is 1. The number of anilines is 1. The van der Waals surface area contributed by atoms with Gasteiger partial charge < -0.3 is 9.47 Å². The van der Waals surface area contributed by atoms with E-state index in [-0.39, 0.29) is 0 Å². The SMILES string of the molecule is Cc1nccn1CC1CCCN1c1snc(Cl)c1C#N. The second-order valence-electron chi connectivity index (χ2n) is 4.88. The van der Waals surface area contributed by atoms with Crippen molar-refractivity contribution in [3.05, 3.63) is 28.9 Å². The third-order valence-corrected chi connectivity index (χ3v) is 4.97. The Morgan fingerprint density at radius 2 is 2.45 bits per heavy atom. The predicted octanol–water partition coefficient (Wildman–Crippen LogP) is 2.84. The number of rotatable bonds is 3. The Kier molecular flexibility index (Phi) is 3.64. The standard InChI is InChI=1S/C13H14ClN5S/c1-9-16-4-6-18(9)8-10-3-2-5-19(10)13-11(7-15)12(14)17-20-13/h4,6,10H,2-3,5,8H2,1H3. The van der Waals surface area contributed by atoms with Gasteiger partial charge >= 0.3 is 0 Å². The summed E-state index contributed by atoms with van der Waals surface area (Å²) in [5.74, 6) is 1.01. The van der Waals surface area contributed by atoms with Gasteiger partial charge in [0.25, 0.3) is 0 Å². The molecule has 3 rings (SSSR count). The fourth-order valence-corrected chi connectivity index (χ4v) is 3.80. The highest BCUT2D eigenvalue weighted by Gasteiger charge is 2.29. The first-order valence-corrected chi connectivity index (χ1v) is 7.65. The molecule has 7 heteroatoms. The van der Waals surface area contributed by atoms with Gasteiger partial charge in [0.05, 0.1) is 0 Å². The minimum atomic E-state index is 0.317. The monoisotopic (exact) mass is 307 g/mol. The number of aryl methyl sites for hydroxylation is 1. The van der Waals surface area contributed by atoms with Gasteiger partial charge in [-0.3, -0.25) is 0 Å². The molecule has 1 atom stereocenters. The van der Waals surface area contributed by atoms with Crippen LogP contribution in [-0.4, -0.2) is 26.5 Å². The lowest BCUT2D eigenvalue weighted by atomic mass is 10.2. The van der Waals surface area contributed by atoms with E-state index < -0.39 is 0 Å². The van der Waals surface area contributed by atoms with Crippen LogP contribution in [0.3, 0.4) is 0 Å². The summed E-state index contributed by atoms with van der Waals surface area (Å²) in [4.78, 5) is 6.52. The molecule has 0 amide bonds. The summed E-state index contributed by atoms with van der Waals surface area (Å²) in [6.45, 7) is 3.83. The van der Waals surface area contributed by atoms with Crippen LogP contribution < -0.4 is 4.90 Å². The van der Waals surface area contributed by atoms with Crippen LogP contribution >= 0.6 is 23.1 Å². The van der Waals surface area contributed by atoms with Crippen molar-refractivity contribution >= 4 is 28.1 Å². The predicted molar refractivity (Wildman–Crippen MR) is 79.2 cm³/mol. The highest BCUT2D eigenvalue weighted by molar-refractivity contribution is 7.10. The van der Waals surface area contributed by atoms with E-state index >= 15 is 0 Å². The van der Waals surface area contributed by atoms with Crippen molar-refractivity contribution in [2.24, 2.45) is 0 Å². The van der Waals surface area contributed by atoms with E-state index in [9.17, 15) is 5.26 Å². The molecular weight excluding hydrogens is 294 g/mol. The van der Waals surface area contributed by atoms with Gasteiger partial charge in [0.15, 0.2) is 5.15 Å². The van der Waals surface area contributed by atoms with Crippen LogP contribution in [0.25, 0.3) is 0 Å². The van der Waals surface area contributed by atoms with Crippen LogP contribution in [0.15, 0.2) is 12.4 Å². The Bertz CT molecular complexity index is 656. The van der Waals surface area contributed by atoms with E-state index in [1.54, 1.807) is 0 Å². The van der Waals surface area contributed by atoms with E-state index in [0.29, 0.717) is 16.8 Å². The molecule has 0 N–H and O–H groups in total. The molecule has 5 nitrogen and oxygen atoms in total. The number of halogens is 1. The quantitative estimate of drug-likeness (QED) is 0.875. The molecule has 2 aromatic rings. The summed E-state index contributed by atoms with van der Waals surface area (Å²) >= 11 is 7.29. The molecule has 0 bridgehead atoms. The van der Waals surface area contributed by atoms with E-state index in [0.717, 1.165) is 36.8 Å². The summed E-state index contributed by atoms with van der Waals surface area (Å²) in [6.07, 6.45) is 6.05. The lowest BCUT2D eigenvalue weighted by Gasteiger charge is -2.25. The van der Waals surface area contributed by atoms with Gasteiger partial charge in [0.1, 0.15) is 22.5 Å². The molecule has 0 spiro atoms. The van der Waals surface area contributed by atoms with Crippen LogP contribution in [0.5, 0.6) is 0 Å². The number of aromatic nitrogens is 3. The van der Waals surface area contributed by atoms with Crippen LogP contribution in [0.2, 0.25) is 5.15 Å². The molecule has 20 heavy (non-hydrogen) atoms. The molecular formula is C13H14ClN5S. The van der Waals surface area contributed by atoms with Crippen molar-refractivity contribution in [3.8, 4) is 6.07 Å². The van der Waals surface area contributed by atoms with Gasteiger partial charge in [-0.05, 0) is 31.3 Å². The summed E-state index contributed by atoms with van der Waals surface area (Å²) < 4.78 is 6.26. The topological polar surface area (TPSA) is 57.7 Å². The maximum Gasteiger partial charge on any atom is 0.162 e. The van der Waals surface area contributed by atoms with Crippen molar-refractivity contribution in [1.29, 1.82) is 5.26 Å². The second-order valence-corrected chi connectivity index (χ2v) is 5.99. The summed E-state index contributed by atoms with van der Waals surface area (Å²) in [7, 11) is 0. The maximum absolute atomic E-state index is 9.23. The Morgan fingerprint density at radius 1 is 1.60 bits per heavy atom. The Hall–Kier alpha value is -1.58. The Morgan fingerprint density at radius 3 is 3.15 bits per heavy atom. The molecule has 1 aliphatic rings. The van der Waals surface area contributed by atoms with E-state index in [4.69, 9.17) is 11.6 Å². The number of imidazole rings is 1. The molecule has 1 saturated heterocycles. The average Bonchev–Trinajstić information content (AvgIpc) is 3.12. The third kappa shape index (κ3) is 2.28. The highest BCUT2D eigenvalue weighted by Crippen LogP contribution is 2.36. The zero-order chi connectivity index (χ0) is 14.1. The minimum absolute atomic E-state index is 0.317. The van der Waals surface area contributed by atoms with Crippen LogP contribution in [-0.2, 0) is 6.54 Å². The Balaban J connectivity index is 1.86. The molecule has 3 heterocycles. The van der Waals surface area contributed by atoms with Gasteiger partial charge in [-0.25, -0.2) is 4.98 Å². The molecule has 2 aromatic heterocycles. The van der Waals surface area contributed by atoms with Gasteiger partial charge in [0.2, 0.25) is 0 Å². The number of hydrogen-bond acceptors (Lipinski definition) is 5. The fourth-order valence-electron chi connectivity index (χ4n) is 2.67. The van der Waals surface area contributed by atoms with Crippen LogP contribution in [0, 0.1) is 18.3 Å². The molecule has 0 radical (unpaired) electrons. The van der Waals surface area contributed by atoms with Crippen molar-refractivity contribution in [1.82, 2.24) is 13.9 Å². The molecule has 0 saturated carbocycles. The van der Waals surface area contributed by atoms with Gasteiger partial charge in [-0.15, -0.1) is 0 Å². The molecule has 1 fully saturated rings. The van der Waals surface area contributed by atoms with Crippen LogP contribution in [0.1, 0.15) is 24.2 Å². The van der Waals surface area contributed by atoms with E-state index in [2.05, 4.69) is 24.9 Å². The number of hydrogen-bond donors (Lipinski definition) is 0. The van der Waals surface area contributed by atoms with Gasteiger partial charge in [-0.2, -0.15) is 9.64 Å². The molecule has 1 unspecified atom stereocenters. The first-order chi connectivity index (χ1) is 9.70. The van der Waals surface area contributed by atoms with E-state index in [1.165, 1.54) is 11.5 Å². The summed E-state index contributed by atoms with van der Waals surface area (Å²) in [5, 5.41) is 10.4. The van der Waals surface area contributed by atoms with Crippen molar-refractivity contribution in [2.75, 3.05) is 11.4 Å². The zero-order valence-electron chi connectivity index (χ0n) is 11.1. The molecule has 104 valence electrons. The maximum atomic E-state index is 9.23. The third-order valence-electron chi connectivity index (χ3n) is 3.71. The normalized spacial score (nSPS) is 18.4. The van der Waals surface area contributed by atoms with Crippen molar-refractivity contribution in [3.63, 3.8) is 0 Å². The Labute approximate surface area is 126 Å². The largest absolute Gasteiger partial charge is 0.356 e. The van der Waals surface area contributed by atoms with Gasteiger partial charge in [-0.1, -0.05) is 11.6 Å². The lowest BCUT2D eigenvalue weighted by Crippen LogP contribution is -2.32. The zero-order valence-corrected chi connectivity index (χ0v) is 12.7. The van der Waals surface area contributed by atoms with Crippen molar-refractivity contribution in [2.45, 2.75) is 32.4 Å². The van der Waals surface area contributed by atoms with Crippen molar-refractivity contribution < 1.29 is 0 Å². The molecule has 0 aliphatic carbocycles. The average molecular weight is 308 g/mol. The summed E-state index contributed by atoms with van der Waals surface area (Å²) in [5.41, 5.74) is 0.505. The fraction of sp³-hybridized carbons (Fsp3) is 0.462. The smallest absolute Gasteiger partial charge is 0.162 e. The molecule has 0 aromatic carbocycles. The molecule has 1 aliphatic heterocycles. The summed E-state index contributed by atoms with van der Waals surface area (Å²) in [6, 6.07) is 2.53. The van der Waals surface area contributed by atoms with E-state index in [1.807, 2.05) is 19.3 Å². The first kappa shape index (κ1) is 13.4.